The van der Waals surface area contributed by atoms with Crippen LogP contribution in [0, 0.1) is 7.40 Å². The molecule has 0 saturated carbocycles. The van der Waals surface area contributed by atoms with Crippen molar-refractivity contribution in [3.8, 4) is 0 Å². The Kier molecular flexibility index (Phi) is 2.62. The first kappa shape index (κ1) is 9.84. The number of nitrogens with zero attached hydrogens (tertiary/aromatic N) is 4. The van der Waals surface area contributed by atoms with E-state index >= 15 is 0 Å². The molecule has 2 aromatic heterocycles. The Balaban J connectivity index is 2.98. The van der Waals surface area contributed by atoms with E-state index in [0.717, 1.165) is 14.7 Å². The van der Waals surface area contributed by atoms with Crippen LogP contribution in [0.2, 0.25) is 5.02 Å². The first-order valence-corrected chi connectivity index (χ1v) is 5.84. The summed E-state index contributed by atoms with van der Waals surface area (Å²) in [5, 5.41) is 13.6. The first-order valence-electron chi connectivity index (χ1n) is 3.31. The van der Waals surface area contributed by atoms with E-state index in [4.69, 9.17) is 11.6 Å². The van der Waals surface area contributed by atoms with Crippen LogP contribution in [-0.2, 0) is 7.05 Å². The van der Waals surface area contributed by atoms with Gasteiger partial charge in [0.2, 0.25) is 0 Å². The molecule has 0 aliphatic rings. The van der Waals surface area contributed by atoms with Crippen LogP contribution in [0.4, 0.5) is 0 Å². The van der Waals surface area contributed by atoms with Crippen molar-refractivity contribution in [3.05, 3.63) is 12.4 Å². The molecule has 2 heterocycles. The summed E-state index contributed by atoms with van der Waals surface area (Å²) in [6, 6.07) is 0. The fourth-order valence-corrected chi connectivity index (χ4v) is 2.61. The molecular weight excluding hydrogens is 417 g/mol. The highest BCUT2D eigenvalue weighted by Crippen LogP contribution is 2.28. The van der Waals surface area contributed by atoms with Gasteiger partial charge in [0.15, 0.2) is 5.65 Å². The van der Waals surface area contributed by atoms with Crippen LogP contribution in [0.25, 0.3) is 11.0 Å². The van der Waals surface area contributed by atoms with Crippen LogP contribution in [-0.4, -0.2) is 20.0 Å². The molecule has 0 bridgehead atoms. The quantitative estimate of drug-likeness (QED) is 0.614. The maximum Gasteiger partial charge on any atom is 0.182 e. The van der Waals surface area contributed by atoms with Gasteiger partial charge < -0.3 is 0 Å². The summed E-state index contributed by atoms with van der Waals surface area (Å²) in [7, 11) is 1.82. The summed E-state index contributed by atoms with van der Waals surface area (Å²) in [5.41, 5.74) is 0.717. The smallest absolute Gasteiger partial charge is 0.182 e. The van der Waals surface area contributed by atoms with Gasteiger partial charge in [-0.2, -0.15) is 5.10 Å². The highest BCUT2D eigenvalue weighted by atomic mass is 127. The molecule has 7 heteroatoms. The zero-order valence-electron chi connectivity index (χ0n) is 6.42. The van der Waals surface area contributed by atoms with E-state index in [0.29, 0.717) is 8.72 Å². The third-order valence-electron chi connectivity index (χ3n) is 1.61. The summed E-state index contributed by atoms with van der Waals surface area (Å²) in [5.74, 6) is 0. The molecular formula is C6H3ClI2N4. The number of halogens is 3. The average Bonchev–Trinajstić information content (AvgIpc) is 2.35. The Morgan fingerprint density at radius 1 is 1.23 bits per heavy atom. The first-order chi connectivity index (χ1) is 6.11. The van der Waals surface area contributed by atoms with Crippen molar-refractivity contribution in [2.24, 2.45) is 7.05 Å². The predicted molar refractivity (Wildman–Crippen MR) is 66.7 cm³/mol. The van der Waals surface area contributed by atoms with Crippen LogP contribution < -0.4 is 0 Å². The summed E-state index contributed by atoms with van der Waals surface area (Å²) < 4.78 is 3.23. The lowest BCUT2D eigenvalue weighted by atomic mass is 10.4. The Morgan fingerprint density at radius 3 is 2.62 bits per heavy atom. The van der Waals surface area contributed by atoms with Gasteiger partial charge in [-0.05, 0) is 45.2 Å². The van der Waals surface area contributed by atoms with Crippen LogP contribution >= 0.6 is 56.8 Å². The van der Waals surface area contributed by atoms with Crippen molar-refractivity contribution in [3.63, 3.8) is 0 Å². The minimum absolute atomic E-state index is 0.628. The molecule has 13 heavy (non-hydrogen) atoms. The van der Waals surface area contributed by atoms with Gasteiger partial charge in [0.05, 0.1) is 10.4 Å². The number of aryl methyl sites for hydroxylation is 1. The van der Waals surface area contributed by atoms with E-state index in [9.17, 15) is 0 Å². The number of hydrogen-bond acceptors (Lipinski definition) is 3. The van der Waals surface area contributed by atoms with Crippen molar-refractivity contribution >= 4 is 67.8 Å². The van der Waals surface area contributed by atoms with E-state index in [1.807, 2.05) is 7.05 Å². The van der Waals surface area contributed by atoms with E-state index in [1.54, 1.807) is 4.68 Å². The Labute approximate surface area is 106 Å². The normalized spacial score (nSPS) is 11.1. The molecule has 0 unspecified atom stereocenters. The molecule has 2 rings (SSSR count). The lowest BCUT2D eigenvalue weighted by Gasteiger charge is -1.95. The van der Waals surface area contributed by atoms with Crippen molar-refractivity contribution in [1.82, 2.24) is 20.0 Å². The third kappa shape index (κ3) is 1.52. The number of fused-ring (bicyclic) bond motifs is 1. The lowest BCUT2D eigenvalue weighted by Crippen LogP contribution is -1.95. The summed E-state index contributed by atoms with van der Waals surface area (Å²) in [6.45, 7) is 0. The zero-order chi connectivity index (χ0) is 9.59. The van der Waals surface area contributed by atoms with Crippen LogP contribution in [0.5, 0.6) is 0 Å². The van der Waals surface area contributed by atoms with Crippen molar-refractivity contribution in [2.75, 3.05) is 0 Å². The molecule has 68 valence electrons. The number of rotatable bonds is 0. The van der Waals surface area contributed by atoms with Gasteiger partial charge in [-0.25, -0.2) is 4.68 Å². The molecule has 0 fully saturated rings. The fourth-order valence-electron chi connectivity index (χ4n) is 1.02. The minimum Gasteiger partial charge on any atom is -0.248 e. The van der Waals surface area contributed by atoms with E-state index in [1.165, 1.54) is 0 Å². The van der Waals surface area contributed by atoms with E-state index in [-0.39, 0.29) is 0 Å². The minimum atomic E-state index is 0.628. The van der Waals surface area contributed by atoms with Gasteiger partial charge in [0.1, 0.15) is 7.40 Å². The molecule has 0 saturated heterocycles. The van der Waals surface area contributed by atoms with E-state index in [2.05, 4.69) is 60.5 Å². The SMILES string of the molecule is Cn1nc(I)c2c(Cl)c(I)nnc21. The molecule has 0 atom stereocenters. The fraction of sp³-hybridized carbons (Fsp3) is 0.167. The highest BCUT2D eigenvalue weighted by molar-refractivity contribution is 14.1. The van der Waals surface area contributed by atoms with Crippen LogP contribution in [0.1, 0.15) is 0 Å². The zero-order valence-corrected chi connectivity index (χ0v) is 11.5. The standard InChI is InChI=1S/C6H3ClI2N4/c1-13-6-2(4(8)12-13)3(7)5(9)10-11-6/h1H3. The molecule has 0 aromatic carbocycles. The monoisotopic (exact) mass is 420 g/mol. The van der Waals surface area contributed by atoms with Crippen LogP contribution in [0.15, 0.2) is 0 Å². The molecule has 0 spiro atoms. The molecule has 2 aromatic rings. The maximum absolute atomic E-state index is 6.08. The highest BCUT2D eigenvalue weighted by Gasteiger charge is 2.14. The van der Waals surface area contributed by atoms with E-state index < -0.39 is 0 Å². The molecule has 0 aliphatic heterocycles. The topological polar surface area (TPSA) is 43.6 Å². The van der Waals surface area contributed by atoms with Crippen molar-refractivity contribution in [1.29, 1.82) is 0 Å². The van der Waals surface area contributed by atoms with Crippen LogP contribution in [0.3, 0.4) is 0 Å². The third-order valence-corrected chi connectivity index (χ3v) is 3.80. The molecule has 0 N–H and O–H groups in total. The molecule has 0 radical (unpaired) electrons. The Bertz CT molecular complexity index is 481. The second-order valence-corrected chi connectivity index (χ2v) is 4.84. The predicted octanol–water partition coefficient (Wildman–Crippen LogP) is 2.23. The molecule has 0 amide bonds. The Morgan fingerprint density at radius 2 is 1.92 bits per heavy atom. The van der Waals surface area contributed by atoms with Gasteiger partial charge in [0, 0.05) is 7.05 Å². The second-order valence-electron chi connectivity index (χ2n) is 2.42. The van der Waals surface area contributed by atoms with Gasteiger partial charge in [-0.3, -0.25) is 0 Å². The van der Waals surface area contributed by atoms with Gasteiger partial charge >= 0.3 is 0 Å². The lowest BCUT2D eigenvalue weighted by molar-refractivity contribution is 0.768. The van der Waals surface area contributed by atoms with Crippen molar-refractivity contribution in [2.45, 2.75) is 0 Å². The molecule has 4 nitrogen and oxygen atoms in total. The number of aromatic nitrogens is 4. The summed E-state index contributed by atoms with van der Waals surface area (Å²) >= 11 is 10.3. The number of hydrogen-bond donors (Lipinski definition) is 0. The van der Waals surface area contributed by atoms with Gasteiger partial charge in [0.25, 0.3) is 0 Å². The summed E-state index contributed by atoms with van der Waals surface area (Å²) in [4.78, 5) is 0. The summed E-state index contributed by atoms with van der Waals surface area (Å²) in [6.07, 6.45) is 0. The largest absolute Gasteiger partial charge is 0.248 e. The Hall–Kier alpha value is 0.300. The maximum atomic E-state index is 6.08. The molecule has 0 aliphatic carbocycles. The van der Waals surface area contributed by atoms with Gasteiger partial charge in [-0.15, -0.1) is 10.2 Å². The second kappa shape index (κ2) is 3.46. The van der Waals surface area contributed by atoms with Gasteiger partial charge in [-0.1, -0.05) is 11.6 Å². The van der Waals surface area contributed by atoms with Crippen molar-refractivity contribution < 1.29 is 0 Å². The average molecular weight is 420 g/mol.